The van der Waals surface area contributed by atoms with E-state index in [-0.39, 0.29) is 11.2 Å². The minimum Gasteiger partial charge on any atom is -0.339 e. The number of benzene rings is 2. The average molecular weight is 362 g/mol. The second-order valence-corrected chi connectivity index (χ2v) is 8.00. The number of Topliss-reactive ketones (excluding diaryl/α,β-unsaturated/α-hetero) is 1. The molecule has 138 valence electrons. The Balaban J connectivity index is 1.80. The zero-order valence-electron chi connectivity index (χ0n) is 15.5. The SMILES string of the molecule is CC1(C)CC(=O)c2c(n(Cc3ccc(C(=O)NO)cc3)c3ccccc23)C1. The summed E-state index contributed by atoms with van der Waals surface area (Å²) in [6, 6.07) is 15.2. The summed E-state index contributed by atoms with van der Waals surface area (Å²) in [5, 5.41) is 9.77. The maximum absolute atomic E-state index is 12.9. The zero-order chi connectivity index (χ0) is 19.2. The summed E-state index contributed by atoms with van der Waals surface area (Å²) in [6.07, 6.45) is 1.42. The number of nitrogens with zero attached hydrogens (tertiary/aromatic N) is 1. The Hall–Kier alpha value is -2.92. The van der Waals surface area contributed by atoms with E-state index in [9.17, 15) is 9.59 Å². The van der Waals surface area contributed by atoms with Gasteiger partial charge in [-0.1, -0.05) is 44.2 Å². The van der Waals surface area contributed by atoms with Crippen molar-refractivity contribution in [3.05, 3.63) is 70.9 Å². The molecule has 1 aliphatic rings. The van der Waals surface area contributed by atoms with Crippen LogP contribution in [0.3, 0.4) is 0 Å². The lowest BCUT2D eigenvalue weighted by Gasteiger charge is -2.30. The lowest BCUT2D eigenvalue weighted by Crippen LogP contribution is -2.28. The van der Waals surface area contributed by atoms with Crippen LogP contribution in [0.1, 0.15) is 52.2 Å². The van der Waals surface area contributed by atoms with Crippen molar-refractivity contribution in [2.45, 2.75) is 33.2 Å². The van der Waals surface area contributed by atoms with E-state index in [1.54, 1.807) is 17.6 Å². The van der Waals surface area contributed by atoms with Gasteiger partial charge in [-0.05, 0) is 35.6 Å². The molecule has 0 saturated carbocycles. The Bertz CT molecular complexity index is 1050. The Morgan fingerprint density at radius 1 is 1.11 bits per heavy atom. The molecule has 1 amide bonds. The highest BCUT2D eigenvalue weighted by Gasteiger charge is 2.35. The van der Waals surface area contributed by atoms with Gasteiger partial charge in [-0.3, -0.25) is 14.8 Å². The number of hydrogen-bond donors (Lipinski definition) is 2. The minimum atomic E-state index is -0.530. The van der Waals surface area contributed by atoms with Crippen LogP contribution >= 0.6 is 0 Å². The van der Waals surface area contributed by atoms with Crippen molar-refractivity contribution < 1.29 is 14.8 Å². The van der Waals surface area contributed by atoms with Gasteiger partial charge in [-0.25, -0.2) is 5.48 Å². The molecule has 1 aliphatic carbocycles. The van der Waals surface area contributed by atoms with Gasteiger partial charge in [0.05, 0.1) is 0 Å². The van der Waals surface area contributed by atoms with Crippen LogP contribution in [0.2, 0.25) is 0 Å². The third-order valence-electron chi connectivity index (χ3n) is 5.30. The molecule has 4 rings (SSSR count). The first-order valence-corrected chi connectivity index (χ1v) is 9.06. The highest BCUT2D eigenvalue weighted by molar-refractivity contribution is 6.10. The molecule has 0 radical (unpaired) electrons. The Morgan fingerprint density at radius 2 is 1.81 bits per heavy atom. The lowest BCUT2D eigenvalue weighted by molar-refractivity contribution is 0.0706. The molecule has 0 saturated heterocycles. The molecule has 0 bridgehead atoms. The molecule has 3 aromatic rings. The van der Waals surface area contributed by atoms with Crippen LogP contribution in [0.25, 0.3) is 10.9 Å². The van der Waals surface area contributed by atoms with Gasteiger partial charge in [0.1, 0.15) is 0 Å². The lowest BCUT2D eigenvalue weighted by atomic mass is 9.75. The fourth-order valence-electron chi connectivity index (χ4n) is 4.08. The van der Waals surface area contributed by atoms with E-state index in [1.807, 2.05) is 30.3 Å². The third-order valence-corrected chi connectivity index (χ3v) is 5.30. The van der Waals surface area contributed by atoms with Crippen LogP contribution in [0.5, 0.6) is 0 Å². The number of para-hydroxylation sites is 1. The number of ketones is 1. The van der Waals surface area contributed by atoms with Crippen molar-refractivity contribution in [2.75, 3.05) is 0 Å². The summed E-state index contributed by atoms with van der Waals surface area (Å²) in [4.78, 5) is 24.4. The zero-order valence-corrected chi connectivity index (χ0v) is 15.5. The topological polar surface area (TPSA) is 71.3 Å². The van der Waals surface area contributed by atoms with E-state index >= 15 is 0 Å². The summed E-state index contributed by atoms with van der Waals surface area (Å²) in [5.41, 5.74) is 6.03. The van der Waals surface area contributed by atoms with Crippen molar-refractivity contribution in [3.63, 3.8) is 0 Å². The average Bonchev–Trinajstić information content (AvgIpc) is 2.94. The number of hydrogen-bond acceptors (Lipinski definition) is 3. The number of carbonyl (C=O) groups excluding carboxylic acids is 2. The maximum Gasteiger partial charge on any atom is 0.274 e. The number of amides is 1. The molecular weight excluding hydrogens is 340 g/mol. The second kappa shape index (κ2) is 6.35. The molecule has 0 atom stereocenters. The number of rotatable bonds is 3. The quantitative estimate of drug-likeness (QED) is 0.547. The van der Waals surface area contributed by atoms with Crippen molar-refractivity contribution in [1.82, 2.24) is 10.0 Å². The van der Waals surface area contributed by atoms with Crippen molar-refractivity contribution in [1.29, 1.82) is 0 Å². The molecular formula is C22H22N2O3. The highest BCUT2D eigenvalue weighted by atomic mass is 16.5. The maximum atomic E-state index is 12.9. The molecule has 2 N–H and O–H groups in total. The minimum absolute atomic E-state index is 0.0563. The van der Waals surface area contributed by atoms with Gasteiger partial charge < -0.3 is 4.57 Å². The molecule has 0 fully saturated rings. The van der Waals surface area contributed by atoms with Gasteiger partial charge in [-0.15, -0.1) is 0 Å². The van der Waals surface area contributed by atoms with E-state index < -0.39 is 5.91 Å². The number of hydroxylamine groups is 1. The smallest absolute Gasteiger partial charge is 0.274 e. The highest BCUT2D eigenvalue weighted by Crippen LogP contribution is 2.40. The molecule has 0 unspecified atom stereocenters. The Kier molecular flexibility index (Phi) is 4.12. The van der Waals surface area contributed by atoms with Gasteiger partial charge in [0, 0.05) is 40.7 Å². The van der Waals surface area contributed by atoms with Gasteiger partial charge in [0.15, 0.2) is 5.78 Å². The summed E-state index contributed by atoms with van der Waals surface area (Å²) in [5.74, 6) is -0.316. The predicted molar refractivity (Wildman–Crippen MR) is 103 cm³/mol. The molecule has 1 heterocycles. The molecule has 5 nitrogen and oxygen atoms in total. The summed E-state index contributed by atoms with van der Waals surface area (Å²) in [7, 11) is 0. The first kappa shape index (κ1) is 17.5. The monoisotopic (exact) mass is 362 g/mol. The van der Waals surface area contributed by atoms with Crippen LogP contribution in [0, 0.1) is 5.41 Å². The van der Waals surface area contributed by atoms with Gasteiger partial charge in [0.25, 0.3) is 5.91 Å². The Morgan fingerprint density at radius 3 is 2.52 bits per heavy atom. The first-order valence-electron chi connectivity index (χ1n) is 9.06. The van der Waals surface area contributed by atoms with Gasteiger partial charge in [-0.2, -0.15) is 0 Å². The molecule has 2 aromatic carbocycles. The van der Waals surface area contributed by atoms with Crippen molar-refractivity contribution >= 4 is 22.6 Å². The normalized spacial score (nSPS) is 15.6. The molecule has 27 heavy (non-hydrogen) atoms. The van der Waals surface area contributed by atoms with E-state index in [0.717, 1.165) is 34.1 Å². The van der Waals surface area contributed by atoms with E-state index in [1.165, 1.54) is 0 Å². The predicted octanol–water partition coefficient (Wildman–Crippen LogP) is 3.96. The fourth-order valence-corrected chi connectivity index (χ4v) is 4.08. The van der Waals surface area contributed by atoms with E-state index in [4.69, 9.17) is 5.21 Å². The molecule has 5 heteroatoms. The number of nitrogens with one attached hydrogen (secondary N) is 1. The summed E-state index contributed by atoms with van der Waals surface area (Å²) in [6.45, 7) is 4.90. The molecule has 0 aliphatic heterocycles. The van der Waals surface area contributed by atoms with Gasteiger partial charge in [0.2, 0.25) is 0 Å². The fraction of sp³-hybridized carbons (Fsp3) is 0.273. The van der Waals surface area contributed by atoms with Crippen LogP contribution in [-0.4, -0.2) is 21.5 Å². The number of carbonyl (C=O) groups is 2. The van der Waals surface area contributed by atoms with E-state index in [0.29, 0.717) is 18.5 Å². The van der Waals surface area contributed by atoms with E-state index in [2.05, 4.69) is 24.5 Å². The largest absolute Gasteiger partial charge is 0.339 e. The van der Waals surface area contributed by atoms with Crippen LogP contribution in [0.4, 0.5) is 0 Å². The van der Waals surface area contributed by atoms with Gasteiger partial charge >= 0.3 is 0 Å². The summed E-state index contributed by atoms with van der Waals surface area (Å²) < 4.78 is 2.23. The number of fused-ring (bicyclic) bond motifs is 3. The second-order valence-electron chi connectivity index (χ2n) is 8.00. The summed E-state index contributed by atoms with van der Waals surface area (Å²) >= 11 is 0. The van der Waals surface area contributed by atoms with Crippen LogP contribution in [-0.2, 0) is 13.0 Å². The Labute approximate surface area is 157 Å². The molecule has 1 aromatic heterocycles. The first-order chi connectivity index (χ1) is 12.9. The molecule has 0 spiro atoms. The van der Waals surface area contributed by atoms with Crippen molar-refractivity contribution in [2.24, 2.45) is 5.41 Å². The van der Waals surface area contributed by atoms with Crippen molar-refractivity contribution in [3.8, 4) is 0 Å². The standard InChI is InChI=1S/C22H22N2O3/c1-22(2)11-18-20(19(25)12-22)16-5-3-4-6-17(16)24(18)13-14-7-9-15(10-8-14)21(26)23-27/h3-10,27H,11-13H2,1-2H3,(H,23,26). The van der Waals surface area contributed by atoms with Crippen LogP contribution < -0.4 is 5.48 Å². The van der Waals surface area contributed by atoms with Crippen LogP contribution in [0.15, 0.2) is 48.5 Å². The third kappa shape index (κ3) is 3.04. The number of aromatic nitrogens is 1.